The van der Waals surface area contributed by atoms with Gasteiger partial charge in [0.25, 0.3) is 0 Å². The maximum atomic E-state index is 12.4. The molecule has 19 heavy (non-hydrogen) atoms. The van der Waals surface area contributed by atoms with Crippen molar-refractivity contribution in [3.05, 3.63) is 0 Å². The third kappa shape index (κ3) is 3.50. The van der Waals surface area contributed by atoms with Gasteiger partial charge in [-0.05, 0) is 43.9 Å². The first-order valence-corrected chi connectivity index (χ1v) is 8.20. The standard InChI is InChI=1S/C16H30N2O/c1-4-14-16(19)18(11-7-8-12(2)3)15(17-14)13-9-5-6-10-13/h12-15,17H,4-11H2,1-3H3. The number of nitrogens with one attached hydrogen (secondary N) is 1. The highest BCUT2D eigenvalue weighted by atomic mass is 16.2. The van der Waals surface area contributed by atoms with E-state index in [0.717, 1.165) is 25.3 Å². The first-order chi connectivity index (χ1) is 9.13. The molecule has 2 atom stereocenters. The lowest BCUT2D eigenvalue weighted by molar-refractivity contribution is -0.130. The fourth-order valence-electron chi connectivity index (χ4n) is 3.58. The van der Waals surface area contributed by atoms with Crippen LogP contribution in [0.2, 0.25) is 0 Å². The molecule has 2 unspecified atom stereocenters. The maximum absolute atomic E-state index is 12.4. The Balaban J connectivity index is 1.95. The Morgan fingerprint density at radius 1 is 1.32 bits per heavy atom. The number of carbonyl (C=O) groups excluding carboxylic acids is 1. The van der Waals surface area contributed by atoms with Crippen molar-refractivity contribution in [1.29, 1.82) is 0 Å². The second-order valence-corrected chi connectivity index (χ2v) is 6.68. The van der Waals surface area contributed by atoms with Crippen molar-refractivity contribution in [3.63, 3.8) is 0 Å². The van der Waals surface area contributed by atoms with E-state index in [1.165, 1.54) is 32.1 Å². The van der Waals surface area contributed by atoms with Gasteiger partial charge in [-0.25, -0.2) is 0 Å². The predicted molar refractivity (Wildman–Crippen MR) is 78.7 cm³/mol. The molecular formula is C16H30N2O. The van der Waals surface area contributed by atoms with Gasteiger partial charge in [0.05, 0.1) is 12.2 Å². The molecule has 1 aliphatic heterocycles. The first-order valence-electron chi connectivity index (χ1n) is 8.20. The summed E-state index contributed by atoms with van der Waals surface area (Å²) in [5.74, 6) is 1.78. The van der Waals surface area contributed by atoms with Crippen LogP contribution in [0.3, 0.4) is 0 Å². The molecule has 0 bridgehead atoms. The van der Waals surface area contributed by atoms with Gasteiger partial charge in [-0.3, -0.25) is 10.1 Å². The lowest BCUT2D eigenvalue weighted by Crippen LogP contribution is -2.43. The minimum atomic E-state index is 0.0737. The average molecular weight is 266 g/mol. The summed E-state index contributed by atoms with van der Waals surface area (Å²) < 4.78 is 0. The van der Waals surface area contributed by atoms with Crippen LogP contribution in [0.1, 0.15) is 65.7 Å². The van der Waals surface area contributed by atoms with Gasteiger partial charge in [0.15, 0.2) is 0 Å². The van der Waals surface area contributed by atoms with Crippen LogP contribution in [-0.4, -0.2) is 29.6 Å². The fourth-order valence-corrected chi connectivity index (χ4v) is 3.58. The van der Waals surface area contributed by atoms with Crippen LogP contribution in [0.5, 0.6) is 0 Å². The Morgan fingerprint density at radius 2 is 2.00 bits per heavy atom. The van der Waals surface area contributed by atoms with Gasteiger partial charge in [-0.15, -0.1) is 0 Å². The van der Waals surface area contributed by atoms with E-state index < -0.39 is 0 Å². The monoisotopic (exact) mass is 266 g/mol. The SMILES string of the molecule is CCC1NC(C2CCCC2)N(CCCC(C)C)C1=O. The summed E-state index contributed by atoms with van der Waals surface area (Å²) in [6.45, 7) is 7.57. The minimum Gasteiger partial charge on any atom is -0.326 e. The molecule has 0 aromatic rings. The normalized spacial score (nSPS) is 28.8. The van der Waals surface area contributed by atoms with Crippen LogP contribution in [0.15, 0.2) is 0 Å². The van der Waals surface area contributed by atoms with Gasteiger partial charge in [0, 0.05) is 6.54 Å². The van der Waals surface area contributed by atoms with Crippen molar-refractivity contribution in [2.45, 2.75) is 77.9 Å². The van der Waals surface area contributed by atoms with Gasteiger partial charge >= 0.3 is 0 Å². The highest BCUT2D eigenvalue weighted by molar-refractivity contribution is 5.84. The molecule has 0 radical (unpaired) electrons. The van der Waals surface area contributed by atoms with E-state index in [0.29, 0.717) is 18.0 Å². The Bertz CT molecular complexity index is 297. The largest absolute Gasteiger partial charge is 0.326 e. The second-order valence-electron chi connectivity index (χ2n) is 6.68. The molecule has 0 aromatic carbocycles. The Kier molecular flexibility index (Phi) is 5.26. The predicted octanol–water partition coefficient (Wildman–Crippen LogP) is 3.15. The van der Waals surface area contributed by atoms with Crippen LogP contribution in [0, 0.1) is 11.8 Å². The number of amides is 1. The Morgan fingerprint density at radius 3 is 2.58 bits per heavy atom. The van der Waals surface area contributed by atoms with Crippen LogP contribution >= 0.6 is 0 Å². The summed E-state index contributed by atoms with van der Waals surface area (Å²) in [7, 11) is 0. The molecule has 2 fully saturated rings. The van der Waals surface area contributed by atoms with E-state index >= 15 is 0 Å². The Labute approximate surface area is 118 Å². The molecule has 0 spiro atoms. The molecule has 3 nitrogen and oxygen atoms in total. The number of rotatable bonds is 6. The molecule has 1 aliphatic carbocycles. The van der Waals surface area contributed by atoms with Crippen molar-refractivity contribution in [1.82, 2.24) is 10.2 Å². The van der Waals surface area contributed by atoms with Crippen molar-refractivity contribution in [3.8, 4) is 0 Å². The van der Waals surface area contributed by atoms with Crippen molar-refractivity contribution in [2.75, 3.05) is 6.54 Å². The zero-order chi connectivity index (χ0) is 13.8. The lowest BCUT2D eigenvalue weighted by atomic mass is 10.0. The molecule has 1 saturated carbocycles. The summed E-state index contributed by atoms with van der Waals surface area (Å²) in [4.78, 5) is 14.6. The van der Waals surface area contributed by atoms with E-state index in [1.807, 2.05) is 0 Å². The van der Waals surface area contributed by atoms with E-state index in [1.54, 1.807) is 0 Å². The molecule has 1 N–H and O–H groups in total. The summed E-state index contributed by atoms with van der Waals surface area (Å²) in [6.07, 6.45) is 8.88. The molecule has 0 aromatic heterocycles. The van der Waals surface area contributed by atoms with E-state index in [-0.39, 0.29) is 6.04 Å². The molecule has 1 heterocycles. The molecule has 3 heteroatoms. The van der Waals surface area contributed by atoms with E-state index in [9.17, 15) is 4.79 Å². The lowest BCUT2D eigenvalue weighted by Gasteiger charge is -2.29. The van der Waals surface area contributed by atoms with Crippen LogP contribution in [0.25, 0.3) is 0 Å². The summed E-state index contributed by atoms with van der Waals surface area (Å²) in [5.41, 5.74) is 0. The molecular weight excluding hydrogens is 236 g/mol. The first kappa shape index (κ1) is 14.8. The maximum Gasteiger partial charge on any atom is 0.241 e. The van der Waals surface area contributed by atoms with E-state index in [4.69, 9.17) is 0 Å². The number of carbonyl (C=O) groups is 1. The summed E-state index contributed by atoms with van der Waals surface area (Å²) in [6, 6.07) is 0.0737. The highest BCUT2D eigenvalue weighted by Crippen LogP contribution is 2.32. The van der Waals surface area contributed by atoms with Gasteiger partial charge in [-0.1, -0.05) is 33.6 Å². The third-order valence-corrected chi connectivity index (χ3v) is 4.72. The molecule has 110 valence electrons. The average Bonchev–Trinajstić information content (AvgIpc) is 2.98. The molecule has 2 rings (SSSR count). The van der Waals surface area contributed by atoms with Gasteiger partial charge in [0.2, 0.25) is 5.91 Å². The number of hydrogen-bond acceptors (Lipinski definition) is 2. The molecule has 2 aliphatic rings. The minimum absolute atomic E-state index is 0.0737. The third-order valence-electron chi connectivity index (χ3n) is 4.72. The quantitative estimate of drug-likeness (QED) is 0.801. The molecule has 1 amide bonds. The van der Waals surface area contributed by atoms with E-state index in [2.05, 4.69) is 31.0 Å². The van der Waals surface area contributed by atoms with Gasteiger partial charge in [-0.2, -0.15) is 0 Å². The van der Waals surface area contributed by atoms with Crippen LogP contribution < -0.4 is 5.32 Å². The number of hydrogen-bond donors (Lipinski definition) is 1. The van der Waals surface area contributed by atoms with Gasteiger partial charge in [0.1, 0.15) is 0 Å². The van der Waals surface area contributed by atoms with Crippen LogP contribution in [-0.2, 0) is 4.79 Å². The second kappa shape index (κ2) is 6.74. The zero-order valence-corrected chi connectivity index (χ0v) is 12.8. The van der Waals surface area contributed by atoms with Gasteiger partial charge < -0.3 is 4.90 Å². The highest BCUT2D eigenvalue weighted by Gasteiger charge is 2.41. The topological polar surface area (TPSA) is 32.3 Å². The zero-order valence-electron chi connectivity index (χ0n) is 12.8. The van der Waals surface area contributed by atoms with Crippen LogP contribution in [0.4, 0.5) is 0 Å². The summed E-state index contributed by atoms with van der Waals surface area (Å²) in [5, 5.41) is 3.60. The van der Waals surface area contributed by atoms with Crippen molar-refractivity contribution < 1.29 is 4.79 Å². The number of nitrogens with zero attached hydrogens (tertiary/aromatic N) is 1. The molecule has 1 saturated heterocycles. The smallest absolute Gasteiger partial charge is 0.241 e. The Hall–Kier alpha value is -0.570. The van der Waals surface area contributed by atoms with Crippen molar-refractivity contribution >= 4 is 5.91 Å². The summed E-state index contributed by atoms with van der Waals surface area (Å²) >= 11 is 0. The van der Waals surface area contributed by atoms with Crippen molar-refractivity contribution in [2.24, 2.45) is 11.8 Å². The fraction of sp³-hybridized carbons (Fsp3) is 0.938.